The third kappa shape index (κ3) is 5.19. The molecule has 6 N–H and O–H groups in total. The summed E-state index contributed by atoms with van der Waals surface area (Å²) in [6.45, 7) is 1.48. The summed E-state index contributed by atoms with van der Waals surface area (Å²) >= 11 is 0. The summed E-state index contributed by atoms with van der Waals surface area (Å²) in [5.41, 5.74) is 16.2. The predicted octanol–water partition coefficient (Wildman–Crippen LogP) is -2.89. The second kappa shape index (κ2) is 11.2. The number of hydrogen-bond donors (Lipinski definition) is 2. The molecular weight excluding hydrogens is 519 g/mol. The number of rotatable bonds is 5. The molecule has 7 nitrogen and oxygen atoms in total. The highest BCUT2D eigenvalue weighted by molar-refractivity contribution is 5.89. The van der Waals surface area contributed by atoms with Crippen LogP contribution in [-0.2, 0) is 10.3 Å². The number of carbonyl (C=O) groups is 1. The Kier molecular flexibility index (Phi) is 8.21. The molecule has 9 heteroatoms. The van der Waals surface area contributed by atoms with Crippen molar-refractivity contribution in [1.82, 2.24) is 9.97 Å². The van der Waals surface area contributed by atoms with Crippen molar-refractivity contribution in [2.75, 3.05) is 18.0 Å². The van der Waals surface area contributed by atoms with Gasteiger partial charge in [-0.05, 0) is 30.9 Å². The first-order valence-corrected chi connectivity index (χ1v) is 12.8. The van der Waals surface area contributed by atoms with Crippen LogP contribution < -0.4 is 46.2 Å². The fourth-order valence-corrected chi connectivity index (χ4v) is 5.46. The first kappa shape index (κ1) is 27.8. The lowest BCUT2D eigenvalue weighted by Crippen LogP contribution is -3.00. The zero-order chi connectivity index (χ0) is 24.7. The molecule has 2 aliphatic rings. The molecule has 1 saturated carbocycles. The Morgan fingerprint density at radius 1 is 0.974 bits per heavy atom. The Bertz CT molecular complexity index is 1420. The molecule has 0 radical (unpaired) electrons. The molecular formula is C29H32Cl2N6O. The molecule has 6 rings (SSSR count). The number of nitrogens with zero attached hydrogens (tertiary/aromatic N) is 3. The SMILES string of the molecule is NC(=O)C1CCN(c2nc3nc(-c4ccc(C5([NH3+])CCC5)cc4)c(-c4ccccc4)cc3c[nH+]2)CC1.[Cl-].[Cl-]. The maximum atomic E-state index is 11.6. The topological polar surface area (TPSA) is 114 Å². The number of nitrogens with one attached hydrogen (secondary N) is 1. The van der Waals surface area contributed by atoms with Crippen molar-refractivity contribution < 1.29 is 40.3 Å². The Balaban J connectivity index is 0.00000168. The molecule has 4 aromatic rings. The number of quaternary nitrogens is 1. The van der Waals surface area contributed by atoms with Crippen LogP contribution in [0.1, 0.15) is 37.7 Å². The predicted molar refractivity (Wildman–Crippen MR) is 140 cm³/mol. The molecule has 0 unspecified atom stereocenters. The van der Waals surface area contributed by atoms with E-state index in [1.807, 2.05) is 12.3 Å². The maximum Gasteiger partial charge on any atom is 0.393 e. The van der Waals surface area contributed by atoms with E-state index in [1.165, 1.54) is 12.0 Å². The van der Waals surface area contributed by atoms with Crippen LogP contribution in [-0.4, -0.2) is 29.0 Å². The molecule has 38 heavy (non-hydrogen) atoms. The Morgan fingerprint density at radius 2 is 1.66 bits per heavy atom. The third-order valence-electron chi connectivity index (χ3n) is 7.96. The highest BCUT2D eigenvalue weighted by atomic mass is 35.5. The maximum absolute atomic E-state index is 11.6. The number of hydrogen-bond acceptors (Lipinski definition) is 4. The Hall–Kier alpha value is -3.26. The number of carbonyl (C=O) groups excluding carboxylic acids is 1. The van der Waals surface area contributed by atoms with Gasteiger partial charge >= 0.3 is 5.95 Å². The van der Waals surface area contributed by atoms with E-state index in [9.17, 15) is 4.79 Å². The van der Waals surface area contributed by atoms with Gasteiger partial charge in [0.1, 0.15) is 5.54 Å². The normalized spacial score (nSPS) is 16.7. The molecule has 1 aliphatic carbocycles. The number of aromatic amines is 1. The first-order valence-electron chi connectivity index (χ1n) is 12.8. The molecule has 0 spiro atoms. The molecule has 198 valence electrons. The molecule has 2 fully saturated rings. The number of nitrogens with two attached hydrogens (primary N) is 1. The summed E-state index contributed by atoms with van der Waals surface area (Å²) in [4.78, 5) is 27.1. The number of anilines is 1. The highest BCUT2D eigenvalue weighted by Crippen LogP contribution is 2.38. The van der Waals surface area contributed by atoms with Crippen LogP contribution in [0, 0.1) is 5.92 Å². The number of pyridine rings is 1. The van der Waals surface area contributed by atoms with Gasteiger partial charge in [-0.3, -0.25) is 9.69 Å². The van der Waals surface area contributed by atoms with Gasteiger partial charge in [0, 0.05) is 35.4 Å². The van der Waals surface area contributed by atoms with Crippen molar-refractivity contribution in [3.63, 3.8) is 0 Å². The van der Waals surface area contributed by atoms with E-state index in [0.29, 0.717) is 5.65 Å². The zero-order valence-electron chi connectivity index (χ0n) is 21.2. The quantitative estimate of drug-likeness (QED) is 0.277. The second-order valence-electron chi connectivity index (χ2n) is 10.3. The van der Waals surface area contributed by atoms with Crippen LogP contribution in [0.15, 0.2) is 66.9 Å². The highest BCUT2D eigenvalue weighted by Gasteiger charge is 2.38. The summed E-state index contributed by atoms with van der Waals surface area (Å²) in [7, 11) is 0. The molecule has 1 amide bonds. The molecule has 1 aliphatic heterocycles. The minimum Gasteiger partial charge on any atom is -1.00 e. The van der Waals surface area contributed by atoms with E-state index >= 15 is 0 Å². The number of piperidine rings is 1. The number of halogens is 2. The van der Waals surface area contributed by atoms with E-state index in [1.54, 1.807) is 0 Å². The Morgan fingerprint density at radius 3 is 2.26 bits per heavy atom. The lowest BCUT2D eigenvalue weighted by atomic mass is 9.72. The molecule has 2 aromatic carbocycles. The van der Waals surface area contributed by atoms with Crippen molar-refractivity contribution in [2.45, 2.75) is 37.6 Å². The van der Waals surface area contributed by atoms with Crippen molar-refractivity contribution in [3.8, 4) is 22.4 Å². The fraction of sp³-hybridized carbons (Fsp3) is 0.310. The molecule has 2 aromatic heterocycles. The van der Waals surface area contributed by atoms with Gasteiger partial charge in [0.2, 0.25) is 11.6 Å². The summed E-state index contributed by atoms with van der Waals surface area (Å²) in [6.07, 6.45) is 7.02. The van der Waals surface area contributed by atoms with Crippen LogP contribution in [0.2, 0.25) is 0 Å². The van der Waals surface area contributed by atoms with Crippen molar-refractivity contribution in [2.24, 2.45) is 11.7 Å². The van der Waals surface area contributed by atoms with Gasteiger partial charge in [-0.2, -0.15) is 0 Å². The summed E-state index contributed by atoms with van der Waals surface area (Å²) in [6, 6.07) is 21.3. The van der Waals surface area contributed by atoms with Gasteiger partial charge in [-0.1, -0.05) is 59.6 Å². The number of primary amides is 1. The molecule has 3 heterocycles. The number of aromatic nitrogens is 3. The van der Waals surface area contributed by atoms with Crippen LogP contribution in [0.25, 0.3) is 33.4 Å². The number of H-pyrrole nitrogens is 1. The first-order chi connectivity index (χ1) is 17.5. The van der Waals surface area contributed by atoms with Gasteiger partial charge < -0.3 is 36.3 Å². The standard InChI is InChI=1S/C29H30N6O.2ClH/c30-26(36)21-11-15-35(16-12-21)28-32-18-22-17-24(19-5-2-1-3-6-19)25(33-27(22)34-28)20-7-9-23(10-8-20)29(31)13-4-14-29;;/h1-3,5-10,17-18,21H,4,11-16,31H2,(H2,30,36);2*1H. The molecule has 0 atom stereocenters. The van der Waals surface area contributed by atoms with Crippen molar-refractivity contribution >= 4 is 22.9 Å². The smallest absolute Gasteiger partial charge is 0.393 e. The van der Waals surface area contributed by atoms with Crippen LogP contribution in [0.3, 0.4) is 0 Å². The van der Waals surface area contributed by atoms with Gasteiger partial charge in [-0.15, -0.1) is 0 Å². The summed E-state index contributed by atoms with van der Waals surface area (Å²) in [5.74, 6) is 0.508. The molecule has 0 bridgehead atoms. The van der Waals surface area contributed by atoms with E-state index in [0.717, 1.165) is 72.5 Å². The van der Waals surface area contributed by atoms with Gasteiger partial charge in [-0.25, -0.2) is 9.97 Å². The van der Waals surface area contributed by atoms with Gasteiger partial charge in [0.15, 0.2) is 0 Å². The van der Waals surface area contributed by atoms with E-state index in [2.05, 4.69) is 70.2 Å². The van der Waals surface area contributed by atoms with Crippen LogP contribution in [0.5, 0.6) is 0 Å². The van der Waals surface area contributed by atoms with Gasteiger partial charge in [0.25, 0.3) is 0 Å². The summed E-state index contributed by atoms with van der Waals surface area (Å²) in [5, 5.41) is 0.955. The minimum absolute atomic E-state index is 0. The average Bonchev–Trinajstić information content (AvgIpc) is 2.91. The zero-order valence-corrected chi connectivity index (χ0v) is 22.7. The number of fused-ring (bicyclic) bond motifs is 1. The third-order valence-corrected chi connectivity index (χ3v) is 7.96. The number of benzene rings is 2. The molecule has 1 saturated heterocycles. The van der Waals surface area contributed by atoms with Crippen LogP contribution in [0.4, 0.5) is 5.95 Å². The van der Waals surface area contributed by atoms with E-state index in [-0.39, 0.29) is 42.2 Å². The largest absolute Gasteiger partial charge is 1.00 e. The van der Waals surface area contributed by atoms with E-state index < -0.39 is 0 Å². The lowest BCUT2D eigenvalue weighted by molar-refractivity contribution is -0.509. The average molecular weight is 552 g/mol. The number of amides is 1. The van der Waals surface area contributed by atoms with Crippen molar-refractivity contribution in [1.29, 1.82) is 0 Å². The monoisotopic (exact) mass is 550 g/mol. The van der Waals surface area contributed by atoms with E-state index in [4.69, 9.17) is 15.7 Å². The van der Waals surface area contributed by atoms with Gasteiger partial charge in [0.05, 0.1) is 30.4 Å². The minimum atomic E-state index is -0.210. The second-order valence-corrected chi connectivity index (χ2v) is 10.3. The fourth-order valence-electron chi connectivity index (χ4n) is 5.46. The lowest BCUT2D eigenvalue weighted by Gasteiger charge is -2.34. The Labute approximate surface area is 234 Å². The van der Waals surface area contributed by atoms with Crippen molar-refractivity contribution in [3.05, 3.63) is 72.4 Å². The van der Waals surface area contributed by atoms with Crippen LogP contribution >= 0.6 is 0 Å². The summed E-state index contributed by atoms with van der Waals surface area (Å²) < 4.78 is 0.